The van der Waals surface area contributed by atoms with Crippen LogP contribution in [0.3, 0.4) is 0 Å². The molecule has 1 fully saturated rings. The van der Waals surface area contributed by atoms with Crippen molar-refractivity contribution in [2.75, 3.05) is 25.1 Å². The zero-order valence-corrected chi connectivity index (χ0v) is 14.1. The number of anilines is 1. The topological polar surface area (TPSA) is 51.1 Å². The van der Waals surface area contributed by atoms with Gasteiger partial charge in [0.05, 0.1) is 11.8 Å². The first-order valence-corrected chi connectivity index (χ1v) is 8.27. The number of aryl methyl sites for hydroxylation is 2. The van der Waals surface area contributed by atoms with E-state index in [4.69, 9.17) is 4.74 Å². The summed E-state index contributed by atoms with van der Waals surface area (Å²) < 4.78 is 5.48. The molecule has 5 nitrogen and oxygen atoms in total. The Balaban J connectivity index is 1.99. The summed E-state index contributed by atoms with van der Waals surface area (Å²) in [7, 11) is 1.80. The standard InChI is InChI=1S/C18H24N4O/c1-4-16-17(14-6-5-13(2)19-11-14)18(21-12-20-16)22-9-7-15(23-3)8-10-22/h5-6,11-12,15H,4,7-10H2,1-3H3. The third kappa shape index (κ3) is 3.34. The molecular weight excluding hydrogens is 288 g/mol. The van der Waals surface area contributed by atoms with Crippen molar-refractivity contribution in [3.05, 3.63) is 36.0 Å². The van der Waals surface area contributed by atoms with E-state index in [-0.39, 0.29) is 0 Å². The summed E-state index contributed by atoms with van der Waals surface area (Å²) >= 11 is 0. The summed E-state index contributed by atoms with van der Waals surface area (Å²) in [5.41, 5.74) is 4.32. The van der Waals surface area contributed by atoms with E-state index in [2.05, 4.69) is 32.8 Å². The van der Waals surface area contributed by atoms with Crippen molar-refractivity contribution < 1.29 is 4.74 Å². The predicted molar refractivity (Wildman–Crippen MR) is 91.6 cm³/mol. The zero-order chi connectivity index (χ0) is 16.2. The van der Waals surface area contributed by atoms with E-state index in [1.807, 2.05) is 19.2 Å². The van der Waals surface area contributed by atoms with Gasteiger partial charge in [0, 0.05) is 43.2 Å². The Labute approximate surface area is 137 Å². The number of rotatable bonds is 4. The van der Waals surface area contributed by atoms with E-state index in [0.717, 1.165) is 60.7 Å². The number of methoxy groups -OCH3 is 1. The van der Waals surface area contributed by atoms with Crippen LogP contribution in [0.25, 0.3) is 11.1 Å². The molecule has 1 saturated heterocycles. The first-order valence-electron chi connectivity index (χ1n) is 8.27. The third-order valence-electron chi connectivity index (χ3n) is 4.52. The van der Waals surface area contributed by atoms with Crippen LogP contribution in [-0.4, -0.2) is 41.3 Å². The Morgan fingerprint density at radius 2 is 1.96 bits per heavy atom. The molecule has 5 heteroatoms. The van der Waals surface area contributed by atoms with E-state index >= 15 is 0 Å². The van der Waals surface area contributed by atoms with Gasteiger partial charge in [0.1, 0.15) is 12.1 Å². The molecule has 3 rings (SSSR count). The van der Waals surface area contributed by atoms with Crippen molar-refractivity contribution in [3.63, 3.8) is 0 Å². The zero-order valence-electron chi connectivity index (χ0n) is 14.1. The smallest absolute Gasteiger partial charge is 0.140 e. The fourth-order valence-electron chi connectivity index (χ4n) is 3.13. The lowest BCUT2D eigenvalue weighted by molar-refractivity contribution is 0.0818. The SMILES string of the molecule is CCc1ncnc(N2CCC(OC)CC2)c1-c1ccc(C)nc1. The van der Waals surface area contributed by atoms with Crippen LogP contribution >= 0.6 is 0 Å². The Kier molecular flexibility index (Phi) is 4.86. The lowest BCUT2D eigenvalue weighted by Crippen LogP contribution is -2.37. The number of ether oxygens (including phenoxy) is 1. The van der Waals surface area contributed by atoms with Crippen molar-refractivity contribution in [1.82, 2.24) is 15.0 Å². The molecule has 2 aromatic heterocycles. The Hall–Kier alpha value is -2.01. The van der Waals surface area contributed by atoms with Crippen LogP contribution in [0, 0.1) is 6.92 Å². The highest BCUT2D eigenvalue weighted by molar-refractivity contribution is 5.77. The molecule has 23 heavy (non-hydrogen) atoms. The first kappa shape index (κ1) is 15.9. The van der Waals surface area contributed by atoms with Crippen molar-refractivity contribution in [1.29, 1.82) is 0 Å². The second-order valence-corrected chi connectivity index (χ2v) is 5.98. The van der Waals surface area contributed by atoms with Gasteiger partial charge in [-0.1, -0.05) is 13.0 Å². The fraction of sp³-hybridized carbons (Fsp3) is 0.500. The Morgan fingerprint density at radius 1 is 1.17 bits per heavy atom. The molecule has 0 atom stereocenters. The van der Waals surface area contributed by atoms with Crippen LogP contribution in [0.2, 0.25) is 0 Å². The summed E-state index contributed by atoms with van der Waals surface area (Å²) in [5.74, 6) is 1.03. The highest BCUT2D eigenvalue weighted by Crippen LogP contribution is 2.33. The maximum Gasteiger partial charge on any atom is 0.140 e. The molecule has 0 aliphatic carbocycles. The maximum absolute atomic E-state index is 5.48. The minimum absolute atomic E-state index is 0.364. The van der Waals surface area contributed by atoms with E-state index < -0.39 is 0 Å². The fourth-order valence-corrected chi connectivity index (χ4v) is 3.13. The Morgan fingerprint density at radius 3 is 2.57 bits per heavy atom. The van der Waals surface area contributed by atoms with E-state index in [1.165, 1.54) is 0 Å². The van der Waals surface area contributed by atoms with Gasteiger partial charge in [-0.2, -0.15) is 0 Å². The van der Waals surface area contributed by atoms with Crippen molar-refractivity contribution >= 4 is 5.82 Å². The number of hydrogen-bond donors (Lipinski definition) is 0. The molecule has 0 amide bonds. The molecule has 0 N–H and O–H groups in total. The van der Waals surface area contributed by atoms with Crippen LogP contribution < -0.4 is 4.90 Å². The largest absolute Gasteiger partial charge is 0.381 e. The summed E-state index contributed by atoms with van der Waals surface area (Å²) in [6.07, 6.45) is 6.93. The second-order valence-electron chi connectivity index (χ2n) is 5.98. The lowest BCUT2D eigenvalue weighted by atomic mass is 10.0. The number of aromatic nitrogens is 3. The summed E-state index contributed by atoms with van der Waals surface area (Å²) in [6, 6.07) is 4.16. The van der Waals surface area contributed by atoms with Crippen LogP contribution in [0.1, 0.15) is 31.2 Å². The van der Waals surface area contributed by atoms with Crippen molar-refractivity contribution in [3.8, 4) is 11.1 Å². The van der Waals surface area contributed by atoms with Gasteiger partial charge in [-0.05, 0) is 32.3 Å². The molecule has 0 radical (unpaired) electrons. The molecule has 0 saturated carbocycles. The average Bonchev–Trinajstić information content (AvgIpc) is 2.62. The molecule has 0 aromatic carbocycles. The van der Waals surface area contributed by atoms with Crippen molar-refractivity contribution in [2.24, 2.45) is 0 Å². The number of piperidine rings is 1. The minimum atomic E-state index is 0.364. The lowest BCUT2D eigenvalue weighted by Gasteiger charge is -2.33. The molecular formula is C18H24N4O. The average molecular weight is 312 g/mol. The van der Waals surface area contributed by atoms with Gasteiger partial charge >= 0.3 is 0 Å². The van der Waals surface area contributed by atoms with Crippen molar-refractivity contribution in [2.45, 2.75) is 39.2 Å². The molecule has 0 bridgehead atoms. The van der Waals surface area contributed by atoms with Gasteiger partial charge < -0.3 is 9.64 Å². The van der Waals surface area contributed by atoms with Crippen LogP contribution in [0.5, 0.6) is 0 Å². The molecule has 1 aliphatic rings. The third-order valence-corrected chi connectivity index (χ3v) is 4.52. The number of nitrogens with zero attached hydrogens (tertiary/aromatic N) is 4. The van der Waals surface area contributed by atoms with Crippen LogP contribution in [0.15, 0.2) is 24.7 Å². The first-order chi connectivity index (χ1) is 11.2. The number of pyridine rings is 1. The quantitative estimate of drug-likeness (QED) is 0.868. The summed E-state index contributed by atoms with van der Waals surface area (Å²) in [5, 5.41) is 0. The van der Waals surface area contributed by atoms with Crippen LogP contribution in [-0.2, 0) is 11.2 Å². The minimum Gasteiger partial charge on any atom is -0.381 e. The predicted octanol–water partition coefficient (Wildman–Crippen LogP) is 3.02. The molecule has 3 heterocycles. The molecule has 0 unspecified atom stereocenters. The molecule has 1 aliphatic heterocycles. The van der Waals surface area contributed by atoms with Gasteiger partial charge in [-0.25, -0.2) is 9.97 Å². The molecule has 122 valence electrons. The van der Waals surface area contributed by atoms with Gasteiger partial charge in [0.2, 0.25) is 0 Å². The van der Waals surface area contributed by atoms with E-state index in [1.54, 1.807) is 13.4 Å². The van der Waals surface area contributed by atoms with E-state index in [9.17, 15) is 0 Å². The molecule has 2 aromatic rings. The normalized spacial score (nSPS) is 15.9. The van der Waals surface area contributed by atoms with Crippen LogP contribution in [0.4, 0.5) is 5.82 Å². The number of hydrogen-bond acceptors (Lipinski definition) is 5. The molecule has 0 spiro atoms. The summed E-state index contributed by atoms with van der Waals surface area (Å²) in [4.78, 5) is 15.9. The highest BCUT2D eigenvalue weighted by Gasteiger charge is 2.23. The van der Waals surface area contributed by atoms with Gasteiger partial charge in [-0.15, -0.1) is 0 Å². The van der Waals surface area contributed by atoms with Gasteiger partial charge in [0.15, 0.2) is 0 Å². The highest BCUT2D eigenvalue weighted by atomic mass is 16.5. The van der Waals surface area contributed by atoms with E-state index in [0.29, 0.717) is 6.10 Å². The van der Waals surface area contributed by atoms with Gasteiger partial charge in [-0.3, -0.25) is 4.98 Å². The second kappa shape index (κ2) is 7.04. The van der Waals surface area contributed by atoms with Gasteiger partial charge in [0.25, 0.3) is 0 Å². The maximum atomic E-state index is 5.48. The Bertz CT molecular complexity index is 649. The summed E-state index contributed by atoms with van der Waals surface area (Å²) in [6.45, 7) is 6.06. The monoisotopic (exact) mass is 312 g/mol.